The lowest BCUT2D eigenvalue weighted by atomic mass is 10.1. The van der Waals surface area contributed by atoms with Gasteiger partial charge in [-0.15, -0.1) is 0 Å². The summed E-state index contributed by atoms with van der Waals surface area (Å²) in [4.78, 5) is 1.97. The quantitative estimate of drug-likeness (QED) is 0.851. The minimum absolute atomic E-state index is 0.210. The lowest BCUT2D eigenvalue weighted by Crippen LogP contribution is -2.43. The second-order valence-electron chi connectivity index (χ2n) is 4.37. The maximum atomic E-state index is 12.8. The Morgan fingerprint density at radius 2 is 1.89 bits per heavy atom. The maximum absolute atomic E-state index is 12.8. The highest BCUT2D eigenvalue weighted by Crippen LogP contribution is 2.34. The summed E-state index contributed by atoms with van der Waals surface area (Å²) in [6.07, 6.45) is -4.43. The van der Waals surface area contributed by atoms with Gasteiger partial charge in [-0.25, -0.2) is 0 Å². The van der Waals surface area contributed by atoms with Gasteiger partial charge in [0.1, 0.15) is 5.75 Å². The first kappa shape index (κ1) is 13.2. The molecule has 1 saturated heterocycles. The second kappa shape index (κ2) is 5.16. The number of aromatic hydroxyl groups is 1. The number of rotatable bonds is 2. The van der Waals surface area contributed by atoms with Gasteiger partial charge in [-0.3, -0.25) is 4.90 Å². The molecule has 0 bridgehead atoms. The number of piperazine rings is 1. The second-order valence-corrected chi connectivity index (χ2v) is 4.37. The van der Waals surface area contributed by atoms with Crippen LogP contribution >= 0.6 is 0 Å². The molecule has 0 atom stereocenters. The smallest absolute Gasteiger partial charge is 0.416 e. The van der Waals surface area contributed by atoms with E-state index in [1.807, 2.05) is 4.90 Å². The highest BCUT2D eigenvalue weighted by molar-refractivity contribution is 5.36. The zero-order chi connectivity index (χ0) is 13.2. The minimum atomic E-state index is -4.43. The SMILES string of the molecule is Oc1ccc(CN2CCNCC2)c(C(F)(F)F)c1. The highest BCUT2D eigenvalue weighted by atomic mass is 19.4. The van der Waals surface area contributed by atoms with Gasteiger partial charge in [0.15, 0.2) is 0 Å². The van der Waals surface area contributed by atoms with Gasteiger partial charge in [0, 0.05) is 32.7 Å². The van der Waals surface area contributed by atoms with E-state index in [0.29, 0.717) is 0 Å². The Kier molecular flexibility index (Phi) is 3.77. The topological polar surface area (TPSA) is 35.5 Å². The van der Waals surface area contributed by atoms with Crippen molar-refractivity contribution in [2.45, 2.75) is 12.7 Å². The fraction of sp³-hybridized carbons (Fsp3) is 0.500. The number of hydrogen-bond donors (Lipinski definition) is 2. The Hall–Kier alpha value is -1.27. The van der Waals surface area contributed by atoms with Crippen LogP contribution in [0, 0.1) is 0 Å². The molecular formula is C12H15F3N2O. The van der Waals surface area contributed by atoms with Crippen molar-refractivity contribution in [3.05, 3.63) is 29.3 Å². The van der Waals surface area contributed by atoms with E-state index in [0.717, 1.165) is 32.2 Å². The van der Waals surface area contributed by atoms with E-state index >= 15 is 0 Å². The Labute approximate surface area is 103 Å². The molecule has 100 valence electrons. The molecule has 0 saturated carbocycles. The fourth-order valence-corrected chi connectivity index (χ4v) is 2.08. The molecule has 1 aromatic rings. The summed E-state index contributed by atoms with van der Waals surface area (Å²) in [7, 11) is 0. The molecule has 0 aliphatic carbocycles. The molecule has 0 radical (unpaired) electrons. The maximum Gasteiger partial charge on any atom is 0.416 e. The van der Waals surface area contributed by atoms with Gasteiger partial charge in [0.25, 0.3) is 0 Å². The number of alkyl halides is 3. The summed E-state index contributed by atoms with van der Waals surface area (Å²) in [6.45, 7) is 3.31. The Morgan fingerprint density at radius 3 is 2.50 bits per heavy atom. The Bertz CT molecular complexity index is 414. The first-order chi connectivity index (χ1) is 8.47. The first-order valence-electron chi connectivity index (χ1n) is 5.79. The monoisotopic (exact) mass is 260 g/mol. The number of phenols is 1. The summed E-state index contributed by atoms with van der Waals surface area (Å²) in [5.74, 6) is -0.355. The van der Waals surface area contributed by atoms with Crippen molar-refractivity contribution in [2.75, 3.05) is 26.2 Å². The lowest BCUT2D eigenvalue weighted by molar-refractivity contribution is -0.138. The normalized spacial score (nSPS) is 17.9. The van der Waals surface area contributed by atoms with Crippen LogP contribution in [0.25, 0.3) is 0 Å². The molecule has 0 amide bonds. The standard InChI is InChI=1S/C12H15F3N2O/c13-12(14,15)11-7-10(18)2-1-9(11)8-17-5-3-16-4-6-17/h1-2,7,16,18H,3-6,8H2. The largest absolute Gasteiger partial charge is 0.508 e. The lowest BCUT2D eigenvalue weighted by Gasteiger charge is -2.28. The minimum Gasteiger partial charge on any atom is -0.508 e. The molecule has 0 spiro atoms. The van der Waals surface area contributed by atoms with E-state index in [-0.39, 0.29) is 17.9 Å². The summed E-state index contributed by atoms with van der Waals surface area (Å²) in [5.41, 5.74) is -0.539. The number of nitrogens with zero attached hydrogens (tertiary/aromatic N) is 1. The van der Waals surface area contributed by atoms with Gasteiger partial charge in [0.05, 0.1) is 5.56 Å². The van der Waals surface area contributed by atoms with Crippen molar-refractivity contribution in [3.8, 4) is 5.75 Å². The summed E-state index contributed by atoms with van der Waals surface area (Å²) < 4.78 is 38.5. The molecule has 2 rings (SSSR count). The van der Waals surface area contributed by atoms with Gasteiger partial charge in [-0.05, 0) is 17.7 Å². The van der Waals surface area contributed by atoms with Crippen LogP contribution in [0.15, 0.2) is 18.2 Å². The van der Waals surface area contributed by atoms with Crippen molar-refractivity contribution in [1.82, 2.24) is 10.2 Å². The summed E-state index contributed by atoms with van der Waals surface area (Å²) in [6, 6.07) is 3.44. The first-order valence-corrected chi connectivity index (χ1v) is 5.79. The third-order valence-corrected chi connectivity index (χ3v) is 3.00. The molecule has 1 aliphatic heterocycles. The zero-order valence-corrected chi connectivity index (χ0v) is 9.80. The van der Waals surface area contributed by atoms with Crippen LogP contribution in [0.1, 0.15) is 11.1 Å². The van der Waals surface area contributed by atoms with Crippen molar-refractivity contribution in [3.63, 3.8) is 0 Å². The van der Waals surface area contributed by atoms with Gasteiger partial charge in [-0.1, -0.05) is 6.07 Å². The zero-order valence-electron chi connectivity index (χ0n) is 9.80. The van der Waals surface area contributed by atoms with Crippen LogP contribution in [-0.4, -0.2) is 36.2 Å². The van der Waals surface area contributed by atoms with E-state index in [9.17, 15) is 18.3 Å². The van der Waals surface area contributed by atoms with Crippen LogP contribution in [0.3, 0.4) is 0 Å². The molecular weight excluding hydrogens is 245 g/mol. The number of halogens is 3. The fourth-order valence-electron chi connectivity index (χ4n) is 2.08. The van der Waals surface area contributed by atoms with Crippen LogP contribution < -0.4 is 5.32 Å². The van der Waals surface area contributed by atoms with Crippen molar-refractivity contribution >= 4 is 0 Å². The molecule has 0 aromatic heterocycles. The van der Waals surface area contributed by atoms with Gasteiger partial charge < -0.3 is 10.4 Å². The summed E-state index contributed by atoms with van der Waals surface area (Å²) in [5, 5.41) is 12.3. The predicted molar refractivity (Wildman–Crippen MR) is 61.3 cm³/mol. The van der Waals surface area contributed by atoms with Crippen molar-refractivity contribution < 1.29 is 18.3 Å². The average Bonchev–Trinajstić information content (AvgIpc) is 2.31. The molecule has 1 fully saturated rings. The molecule has 1 aromatic carbocycles. The van der Waals surface area contributed by atoms with Crippen molar-refractivity contribution in [1.29, 1.82) is 0 Å². The molecule has 18 heavy (non-hydrogen) atoms. The van der Waals surface area contributed by atoms with Crippen LogP contribution in [0.2, 0.25) is 0 Å². The summed E-state index contributed by atoms with van der Waals surface area (Å²) >= 11 is 0. The third kappa shape index (κ3) is 3.14. The van der Waals surface area contributed by atoms with Gasteiger partial charge in [-0.2, -0.15) is 13.2 Å². The van der Waals surface area contributed by atoms with Gasteiger partial charge in [0.2, 0.25) is 0 Å². The van der Waals surface area contributed by atoms with E-state index < -0.39 is 11.7 Å². The van der Waals surface area contributed by atoms with E-state index in [1.54, 1.807) is 0 Å². The molecule has 3 nitrogen and oxygen atoms in total. The Balaban J connectivity index is 2.21. The molecule has 0 unspecified atom stereocenters. The van der Waals surface area contributed by atoms with Gasteiger partial charge >= 0.3 is 6.18 Å². The number of nitrogens with one attached hydrogen (secondary N) is 1. The highest BCUT2D eigenvalue weighted by Gasteiger charge is 2.34. The van der Waals surface area contributed by atoms with E-state index in [4.69, 9.17) is 0 Å². The van der Waals surface area contributed by atoms with Crippen LogP contribution in [0.5, 0.6) is 5.75 Å². The van der Waals surface area contributed by atoms with Crippen LogP contribution in [0.4, 0.5) is 13.2 Å². The van der Waals surface area contributed by atoms with E-state index in [2.05, 4.69) is 5.32 Å². The van der Waals surface area contributed by atoms with E-state index in [1.165, 1.54) is 12.1 Å². The molecule has 6 heteroatoms. The molecule has 1 heterocycles. The molecule has 1 aliphatic rings. The van der Waals surface area contributed by atoms with Crippen molar-refractivity contribution in [2.24, 2.45) is 0 Å². The number of phenolic OH excluding ortho intramolecular Hbond substituents is 1. The predicted octanol–water partition coefficient (Wildman–Crippen LogP) is 1.82. The Morgan fingerprint density at radius 1 is 1.22 bits per heavy atom. The molecule has 2 N–H and O–H groups in total. The number of benzene rings is 1. The van der Waals surface area contributed by atoms with Crippen LogP contribution in [-0.2, 0) is 12.7 Å². The third-order valence-electron chi connectivity index (χ3n) is 3.00. The number of hydrogen-bond acceptors (Lipinski definition) is 3. The average molecular weight is 260 g/mol.